The molecular weight excluding hydrogens is 713 g/mol. The Morgan fingerprint density at radius 1 is 0.678 bits per heavy atom. The van der Waals surface area contributed by atoms with E-state index >= 15 is 0 Å². The van der Waals surface area contributed by atoms with Crippen LogP contribution in [0.15, 0.2) is 204 Å². The van der Waals surface area contributed by atoms with E-state index in [4.69, 9.17) is 5.84 Å². The zero-order valence-corrected chi connectivity index (χ0v) is 35.4. The molecular formula is C57H56N2. The van der Waals surface area contributed by atoms with E-state index in [2.05, 4.69) is 228 Å². The van der Waals surface area contributed by atoms with Crippen molar-refractivity contribution in [3.63, 3.8) is 0 Å². The molecule has 0 amide bonds. The van der Waals surface area contributed by atoms with E-state index < -0.39 is 0 Å². The van der Waals surface area contributed by atoms with Gasteiger partial charge in [0, 0.05) is 12.0 Å². The normalized spacial score (nSPS) is 14.7. The molecule has 1 aliphatic rings. The molecule has 0 heterocycles. The maximum Gasteiger partial charge on any atom is 0.0943 e. The first-order valence-electron chi connectivity index (χ1n) is 20.6. The molecule has 6 aromatic rings. The van der Waals surface area contributed by atoms with E-state index in [0.717, 1.165) is 46.4 Å². The quantitative estimate of drug-likeness (QED) is 0.0841. The summed E-state index contributed by atoms with van der Waals surface area (Å²) in [7, 11) is 0. The highest BCUT2D eigenvalue weighted by Gasteiger charge is 2.27. The SMILES string of the molecule is CC/C=C\C(C)=C(/C)c1ccccc1C.C\C=C/C=C(\C=C\c1ccc2c(c1)CC(=C(/c1ccccc1)c1ccc(-c3ccccc3)cc1)/C2=N\N)c1cccc(C)c1. The number of rotatable bonds is 10. The fourth-order valence-corrected chi connectivity index (χ4v) is 7.55. The minimum absolute atomic E-state index is 0.761. The second kappa shape index (κ2) is 20.6. The molecule has 0 radical (unpaired) electrons. The maximum atomic E-state index is 6.12. The highest BCUT2D eigenvalue weighted by molar-refractivity contribution is 6.21. The summed E-state index contributed by atoms with van der Waals surface area (Å²) in [5, 5.41) is 4.36. The van der Waals surface area contributed by atoms with Crippen molar-refractivity contribution in [2.24, 2.45) is 10.9 Å². The molecule has 0 bridgehead atoms. The summed E-state index contributed by atoms with van der Waals surface area (Å²) >= 11 is 0. The number of aryl methyl sites for hydroxylation is 2. The number of hydrogen-bond acceptors (Lipinski definition) is 2. The lowest BCUT2D eigenvalue weighted by atomic mass is 9.90. The molecule has 0 atom stereocenters. The fraction of sp³-hybridized carbons (Fsp3) is 0.140. The van der Waals surface area contributed by atoms with E-state index in [-0.39, 0.29) is 0 Å². The van der Waals surface area contributed by atoms with Crippen LogP contribution >= 0.6 is 0 Å². The first kappa shape index (κ1) is 41.9. The van der Waals surface area contributed by atoms with Crippen molar-refractivity contribution < 1.29 is 0 Å². The van der Waals surface area contributed by atoms with E-state index in [9.17, 15) is 0 Å². The molecule has 7 rings (SSSR count). The summed E-state index contributed by atoms with van der Waals surface area (Å²) in [4.78, 5) is 0. The van der Waals surface area contributed by atoms with Gasteiger partial charge < -0.3 is 5.84 Å². The minimum atomic E-state index is 0.761. The van der Waals surface area contributed by atoms with Gasteiger partial charge in [-0.3, -0.25) is 0 Å². The van der Waals surface area contributed by atoms with Crippen molar-refractivity contribution >= 4 is 28.5 Å². The van der Waals surface area contributed by atoms with Crippen LogP contribution in [0.25, 0.3) is 33.9 Å². The van der Waals surface area contributed by atoms with Gasteiger partial charge in [0.05, 0.1) is 5.71 Å². The molecule has 0 saturated heterocycles. The van der Waals surface area contributed by atoms with Crippen LogP contribution in [0, 0.1) is 13.8 Å². The molecule has 2 heteroatoms. The molecule has 294 valence electrons. The number of allylic oxidation sites excluding steroid dienone is 10. The van der Waals surface area contributed by atoms with Gasteiger partial charge in [-0.15, -0.1) is 0 Å². The maximum absolute atomic E-state index is 6.12. The van der Waals surface area contributed by atoms with Crippen LogP contribution in [0.4, 0.5) is 0 Å². The number of hydrogen-bond donors (Lipinski definition) is 1. The van der Waals surface area contributed by atoms with Gasteiger partial charge in [-0.1, -0.05) is 207 Å². The average Bonchev–Trinajstić information content (AvgIpc) is 3.64. The molecule has 1 aliphatic carbocycles. The molecule has 6 aromatic carbocycles. The summed E-state index contributed by atoms with van der Waals surface area (Å²) < 4.78 is 0. The van der Waals surface area contributed by atoms with Gasteiger partial charge >= 0.3 is 0 Å². The number of nitrogens with zero attached hydrogens (tertiary/aromatic N) is 1. The monoisotopic (exact) mass is 768 g/mol. The van der Waals surface area contributed by atoms with E-state index in [1.165, 1.54) is 61.2 Å². The Kier molecular flexibility index (Phi) is 14.6. The lowest BCUT2D eigenvalue weighted by Crippen LogP contribution is -2.06. The summed E-state index contributed by atoms with van der Waals surface area (Å²) in [6.45, 7) is 12.9. The van der Waals surface area contributed by atoms with Crippen LogP contribution in [0.3, 0.4) is 0 Å². The van der Waals surface area contributed by atoms with E-state index in [1.54, 1.807) is 0 Å². The number of fused-ring (bicyclic) bond motifs is 1. The lowest BCUT2D eigenvalue weighted by Gasteiger charge is -2.14. The Balaban J connectivity index is 0.000000330. The van der Waals surface area contributed by atoms with Crippen LogP contribution in [0.5, 0.6) is 0 Å². The summed E-state index contributed by atoms with van der Waals surface area (Å²) in [6, 6.07) is 53.6. The number of benzene rings is 6. The van der Waals surface area contributed by atoms with Gasteiger partial charge in [0.2, 0.25) is 0 Å². The van der Waals surface area contributed by atoms with E-state index in [1.807, 2.05) is 13.0 Å². The Hall–Kier alpha value is -6.77. The third-order valence-corrected chi connectivity index (χ3v) is 10.8. The third-order valence-electron chi connectivity index (χ3n) is 10.8. The highest BCUT2D eigenvalue weighted by Crippen LogP contribution is 2.37. The van der Waals surface area contributed by atoms with Crippen LogP contribution in [-0.2, 0) is 6.42 Å². The third kappa shape index (κ3) is 10.6. The molecule has 0 aliphatic heterocycles. The average molecular weight is 769 g/mol. The number of nitrogens with two attached hydrogens (primary N) is 1. The van der Waals surface area contributed by atoms with Crippen molar-refractivity contribution in [2.45, 2.75) is 54.4 Å². The molecule has 59 heavy (non-hydrogen) atoms. The van der Waals surface area contributed by atoms with E-state index in [0.29, 0.717) is 0 Å². The van der Waals surface area contributed by atoms with Crippen LogP contribution in [0.2, 0.25) is 0 Å². The van der Waals surface area contributed by atoms with Crippen LogP contribution in [0.1, 0.15) is 84.2 Å². The van der Waals surface area contributed by atoms with Crippen molar-refractivity contribution in [1.82, 2.24) is 0 Å². The van der Waals surface area contributed by atoms with Crippen molar-refractivity contribution in [1.29, 1.82) is 0 Å². The molecule has 0 aromatic heterocycles. The predicted octanol–water partition coefficient (Wildman–Crippen LogP) is 14.8. The zero-order valence-electron chi connectivity index (χ0n) is 35.4. The minimum Gasteiger partial charge on any atom is -0.323 e. The smallest absolute Gasteiger partial charge is 0.0943 e. The molecule has 0 spiro atoms. The van der Waals surface area contributed by atoms with Gasteiger partial charge in [0.25, 0.3) is 0 Å². The zero-order chi connectivity index (χ0) is 41.6. The summed E-state index contributed by atoms with van der Waals surface area (Å²) in [5.41, 5.74) is 20.4. The molecule has 0 unspecified atom stereocenters. The van der Waals surface area contributed by atoms with Gasteiger partial charge in [0.1, 0.15) is 0 Å². The van der Waals surface area contributed by atoms with Crippen molar-refractivity contribution in [3.05, 3.63) is 249 Å². The Morgan fingerprint density at radius 2 is 1.34 bits per heavy atom. The Morgan fingerprint density at radius 3 is 2.02 bits per heavy atom. The van der Waals surface area contributed by atoms with Gasteiger partial charge in [0.15, 0.2) is 0 Å². The van der Waals surface area contributed by atoms with Crippen LogP contribution < -0.4 is 5.84 Å². The molecule has 2 N–H and O–H groups in total. The second-order valence-electron chi connectivity index (χ2n) is 15.0. The number of hydrazone groups is 1. The molecule has 0 saturated carbocycles. The van der Waals surface area contributed by atoms with Gasteiger partial charge in [-0.2, -0.15) is 5.10 Å². The molecule has 0 fully saturated rings. The van der Waals surface area contributed by atoms with Crippen LogP contribution in [-0.4, -0.2) is 5.71 Å². The highest BCUT2D eigenvalue weighted by atomic mass is 15.1. The largest absolute Gasteiger partial charge is 0.323 e. The molecule has 2 nitrogen and oxygen atoms in total. The predicted molar refractivity (Wildman–Crippen MR) is 257 cm³/mol. The van der Waals surface area contributed by atoms with Gasteiger partial charge in [-0.25, -0.2) is 0 Å². The Bertz CT molecular complexity index is 2570. The van der Waals surface area contributed by atoms with Crippen molar-refractivity contribution in [2.75, 3.05) is 0 Å². The first-order valence-corrected chi connectivity index (χ1v) is 20.6. The topological polar surface area (TPSA) is 38.4 Å². The Labute approximate surface area is 352 Å². The van der Waals surface area contributed by atoms with Crippen molar-refractivity contribution in [3.8, 4) is 11.1 Å². The van der Waals surface area contributed by atoms with Gasteiger partial charge in [-0.05, 0) is 119 Å². The summed E-state index contributed by atoms with van der Waals surface area (Å²) in [5.74, 6) is 6.12. The fourth-order valence-electron chi connectivity index (χ4n) is 7.55. The lowest BCUT2D eigenvalue weighted by molar-refractivity contribution is 1.22. The second-order valence-corrected chi connectivity index (χ2v) is 15.0. The first-order chi connectivity index (χ1) is 28.8. The standard InChI is InChI=1S/C42H36N2.C15H20/c1-3-4-13-33(37-18-11-12-30(2)27-37)21-19-31-20-26-39-38(28-31)29-40(42(39)44-43)41(35-16-9-6-10-17-35)36-24-22-34(23-25-36)32-14-7-5-8-15-32;1-5-6-9-12(2)14(4)15-11-8-7-10-13(15)3/h3-28H,29,43H2,1-2H3;6-11H,5H2,1-4H3/b4-3-,21-19+,33-13+,41-40+,44-42-;9-6-,14-12+. The summed E-state index contributed by atoms with van der Waals surface area (Å²) in [6.07, 6.45) is 17.0.